The number of carboxylic acid groups (broad SMARTS) is 2. The van der Waals surface area contributed by atoms with Gasteiger partial charge in [0.15, 0.2) is 0 Å². The van der Waals surface area contributed by atoms with E-state index in [-0.39, 0.29) is 5.75 Å². The molecule has 25 heavy (non-hydrogen) atoms. The van der Waals surface area contributed by atoms with E-state index in [2.05, 4.69) is 0 Å². The van der Waals surface area contributed by atoms with Gasteiger partial charge in [0.25, 0.3) is 5.69 Å². The van der Waals surface area contributed by atoms with Crippen LogP contribution in [0.4, 0.5) is 5.69 Å². The molecule has 0 fully saturated rings. The van der Waals surface area contributed by atoms with Gasteiger partial charge in [-0.25, -0.2) is 9.59 Å². The molecule has 0 amide bonds. The van der Waals surface area contributed by atoms with E-state index in [9.17, 15) is 28.1 Å². The Balaban J connectivity index is 2.45. The zero-order valence-corrected chi connectivity index (χ0v) is 13.0. The van der Waals surface area contributed by atoms with Crippen molar-refractivity contribution in [1.82, 2.24) is 0 Å². The Kier molecular flexibility index (Phi) is 4.70. The van der Waals surface area contributed by atoms with Gasteiger partial charge in [-0.1, -0.05) is 6.07 Å². The van der Waals surface area contributed by atoms with Crippen LogP contribution in [0.5, 0.6) is 5.75 Å². The van der Waals surface area contributed by atoms with Gasteiger partial charge in [0.1, 0.15) is 10.6 Å². The molecule has 0 radical (unpaired) electrons. The number of nitro groups is 1. The molecule has 2 N–H and O–H groups in total. The summed E-state index contributed by atoms with van der Waals surface area (Å²) in [6, 6.07) is 6.69. The summed E-state index contributed by atoms with van der Waals surface area (Å²) in [6.07, 6.45) is 0. The van der Waals surface area contributed by atoms with Crippen molar-refractivity contribution in [2.45, 2.75) is 4.90 Å². The number of benzene rings is 2. The van der Waals surface area contributed by atoms with E-state index in [1.165, 1.54) is 6.07 Å². The first-order valence-corrected chi connectivity index (χ1v) is 7.82. The molecular formula is C14H9NO9S. The Morgan fingerprint density at radius 2 is 1.64 bits per heavy atom. The molecule has 2 rings (SSSR count). The first kappa shape index (κ1) is 17.9. The third kappa shape index (κ3) is 3.90. The topological polar surface area (TPSA) is 161 Å². The summed E-state index contributed by atoms with van der Waals surface area (Å²) in [5, 5.41) is 28.6. The standard InChI is InChI=1S/C14H9NO9S/c16-13(17)11-5-4-10(7-12(11)14(18)19)25(22,23)24-9-3-1-2-8(6-9)15(20)21/h1-7H,(H,16,17)(H,18,19). The summed E-state index contributed by atoms with van der Waals surface area (Å²) in [5.74, 6) is -3.53. The largest absolute Gasteiger partial charge is 0.478 e. The highest BCUT2D eigenvalue weighted by atomic mass is 32.2. The number of nitrogens with zero attached hydrogens (tertiary/aromatic N) is 1. The molecule has 0 aliphatic rings. The molecule has 0 aromatic heterocycles. The maximum absolute atomic E-state index is 12.2. The number of hydrogen-bond donors (Lipinski definition) is 2. The van der Waals surface area contributed by atoms with E-state index in [1.807, 2.05) is 0 Å². The van der Waals surface area contributed by atoms with Gasteiger partial charge in [-0.05, 0) is 24.3 Å². The summed E-state index contributed by atoms with van der Waals surface area (Å²) in [4.78, 5) is 31.4. The quantitative estimate of drug-likeness (QED) is 0.440. The Morgan fingerprint density at radius 3 is 2.20 bits per heavy atom. The van der Waals surface area contributed by atoms with Crippen LogP contribution in [0, 0.1) is 10.1 Å². The van der Waals surface area contributed by atoms with Crippen LogP contribution >= 0.6 is 0 Å². The molecule has 0 aliphatic carbocycles. The van der Waals surface area contributed by atoms with Crippen LogP contribution in [0.25, 0.3) is 0 Å². The molecule has 0 bridgehead atoms. The molecule has 10 nitrogen and oxygen atoms in total. The molecule has 0 aliphatic heterocycles. The highest BCUT2D eigenvalue weighted by Gasteiger charge is 2.23. The number of nitro benzene ring substituents is 1. The van der Waals surface area contributed by atoms with Crippen LogP contribution in [-0.2, 0) is 10.1 Å². The molecule has 0 atom stereocenters. The summed E-state index contributed by atoms with van der Waals surface area (Å²) in [7, 11) is -4.53. The molecule has 11 heteroatoms. The highest BCUT2D eigenvalue weighted by molar-refractivity contribution is 7.87. The molecule has 0 heterocycles. The lowest BCUT2D eigenvalue weighted by Crippen LogP contribution is -2.14. The fourth-order valence-corrected chi connectivity index (χ4v) is 2.82. The smallest absolute Gasteiger partial charge is 0.339 e. The second kappa shape index (κ2) is 6.57. The first-order chi connectivity index (χ1) is 11.6. The van der Waals surface area contributed by atoms with Crippen molar-refractivity contribution in [2.75, 3.05) is 0 Å². The van der Waals surface area contributed by atoms with E-state index in [4.69, 9.17) is 14.4 Å². The summed E-state index contributed by atoms with van der Waals surface area (Å²) >= 11 is 0. The lowest BCUT2D eigenvalue weighted by Gasteiger charge is -2.09. The normalized spacial score (nSPS) is 10.9. The molecule has 2 aromatic rings. The average molecular weight is 367 g/mol. The van der Waals surface area contributed by atoms with Crippen molar-refractivity contribution in [3.05, 3.63) is 63.7 Å². The zero-order chi connectivity index (χ0) is 18.8. The SMILES string of the molecule is O=C(O)c1ccc(S(=O)(=O)Oc2cccc([N+](=O)[O-])c2)cc1C(=O)O. The fourth-order valence-electron chi connectivity index (χ4n) is 1.87. The van der Waals surface area contributed by atoms with Crippen molar-refractivity contribution in [3.8, 4) is 5.75 Å². The number of hydrogen-bond acceptors (Lipinski definition) is 7. The molecule has 0 saturated heterocycles. The summed E-state index contributed by atoms with van der Waals surface area (Å²) in [6.45, 7) is 0. The van der Waals surface area contributed by atoms with Gasteiger partial charge in [-0.2, -0.15) is 8.42 Å². The Bertz CT molecular complexity index is 982. The lowest BCUT2D eigenvalue weighted by molar-refractivity contribution is -0.384. The van der Waals surface area contributed by atoms with Gasteiger partial charge in [0.2, 0.25) is 0 Å². The number of carbonyl (C=O) groups is 2. The van der Waals surface area contributed by atoms with E-state index in [1.54, 1.807) is 0 Å². The number of rotatable bonds is 6. The molecular weight excluding hydrogens is 358 g/mol. The predicted molar refractivity (Wildman–Crippen MR) is 81.3 cm³/mol. The molecule has 2 aromatic carbocycles. The average Bonchev–Trinajstić information content (AvgIpc) is 2.53. The third-order valence-corrected chi connectivity index (χ3v) is 4.22. The van der Waals surface area contributed by atoms with E-state index in [0.29, 0.717) is 6.07 Å². The third-order valence-electron chi connectivity index (χ3n) is 2.97. The minimum atomic E-state index is -4.53. The predicted octanol–water partition coefficient (Wildman–Crippen LogP) is 1.76. The molecule has 130 valence electrons. The molecule has 0 unspecified atom stereocenters. The summed E-state index contributed by atoms with van der Waals surface area (Å²) in [5.41, 5.74) is -1.74. The van der Waals surface area contributed by atoms with Gasteiger partial charge in [0, 0.05) is 6.07 Å². The fraction of sp³-hybridized carbons (Fsp3) is 0. The molecule has 0 saturated carbocycles. The van der Waals surface area contributed by atoms with E-state index >= 15 is 0 Å². The maximum Gasteiger partial charge on any atom is 0.339 e. The highest BCUT2D eigenvalue weighted by Crippen LogP contribution is 2.24. The monoisotopic (exact) mass is 367 g/mol. The van der Waals surface area contributed by atoms with Crippen molar-refractivity contribution in [2.24, 2.45) is 0 Å². The second-order valence-electron chi connectivity index (χ2n) is 4.61. The van der Waals surface area contributed by atoms with Crippen LogP contribution in [-0.4, -0.2) is 35.5 Å². The minimum Gasteiger partial charge on any atom is -0.478 e. The first-order valence-electron chi connectivity index (χ1n) is 6.41. The van der Waals surface area contributed by atoms with E-state index in [0.717, 1.165) is 30.3 Å². The lowest BCUT2D eigenvalue weighted by atomic mass is 10.1. The number of aromatic carboxylic acids is 2. The van der Waals surface area contributed by atoms with Crippen molar-refractivity contribution >= 4 is 27.7 Å². The van der Waals surface area contributed by atoms with Crippen LogP contribution in [0.2, 0.25) is 0 Å². The van der Waals surface area contributed by atoms with Crippen LogP contribution in [0.15, 0.2) is 47.4 Å². The number of non-ortho nitro benzene ring substituents is 1. The van der Waals surface area contributed by atoms with Crippen LogP contribution < -0.4 is 4.18 Å². The van der Waals surface area contributed by atoms with Crippen molar-refractivity contribution < 1.29 is 37.3 Å². The van der Waals surface area contributed by atoms with E-state index < -0.39 is 48.7 Å². The van der Waals surface area contributed by atoms with Crippen molar-refractivity contribution in [3.63, 3.8) is 0 Å². The van der Waals surface area contributed by atoms with Gasteiger partial charge in [-0.3, -0.25) is 10.1 Å². The van der Waals surface area contributed by atoms with Gasteiger partial charge < -0.3 is 14.4 Å². The van der Waals surface area contributed by atoms with Gasteiger partial charge >= 0.3 is 22.1 Å². The molecule has 0 spiro atoms. The Morgan fingerprint density at radius 1 is 1.00 bits per heavy atom. The Labute approximate surface area is 140 Å². The second-order valence-corrected chi connectivity index (χ2v) is 6.16. The Hall–Kier alpha value is -3.47. The summed E-state index contributed by atoms with van der Waals surface area (Å²) < 4.78 is 29.2. The van der Waals surface area contributed by atoms with Crippen LogP contribution in [0.3, 0.4) is 0 Å². The minimum absolute atomic E-state index is 0.353. The zero-order valence-electron chi connectivity index (χ0n) is 12.1. The van der Waals surface area contributed by atoms with Crippen LogP contribution in [0.1, 0.15) is 20.7 Å². The van der Waals surface area contributed by atoms with Crippen molar-refractivity contribution in [1.29, 1.82) is 0 Å². The van der Waals surface area contributed by atoms with Gasteiger partial charge in [-0.15, -0.1) is 0 Å². The number of carboxylic acids is 2. The van der Waals surface area contributed by atoms with Gasteiger partial charge in [0.05, 0.1) is 22.1 Å². The maximum atomic E-state index is 12.2.